The lowest BCUT2D eigenvalue weighted by Crippen LogP contribution is -2.46. The second-order valence-corrected chi connectivity index (χ2v) is 6.47. The van der Waals surface area contributed by atoms with E-state index in [1.807, 2.05) is 12.1 Å². The van der Waals surface area contributed by atoms with Gasteiger partial charge in [-0.05, 0) is 29.5 Å². The molecule has 0 saturated heterocycles. The maximum Gasteiger partial charge on any atom is 0.0773 e. The zero-order valence-corrected chi connectivity index (χ0v) is 12.8. The second-order valence-electron chi connectivity index (χ2n) is 5.63. The molecule has 0 fully saturated rings. The molecule has 2 N–H and O–H groups in total. The average Bonchev–Trinajstić information content (AvgIpc) is 2.21. The summed E-state index contributed by atoms with van der Waals surface area (Å²) in [6.07, 6.45) is 0.649. The molecular weight excluding hydrogens is 269 g/mol. The van der Waals surface area contributed by atoms with Crippen molar-refractivity contribution in [3.05, 3.63) is 33.8 Å². The van der Waals surface area contributed by atoms with Crippen LogP contribution in [0.15, 0.2) is 18.2 Å². The van der Waals surface area contributed by atoms with Crippen molar-refractivity contribution in [2.75, 3.05) is 7.11 Å². The highest BCUT2D eigenvalue weighted by Crippen LogP contribution is 2.27. The van der Waals surface area contributed by atoms with Crippen molar-refractivity contribution in [2.45, 2.75) is 39.3 Å². The first kappa shape index (κ1) is 15.8. The molecule has 0 amide bonds. The smallest absolute Gasteiger partial charge is 0.0773 e. The molecule has 0 heterocycles. The van der Waals surface area contributed by atoms with E-state index in [4.69, 9.17) is 33.7 Å². The van der Waals surface area contributed by atoms with Crippen LogP contribution in [0.2, 0.25) is 10.0 Å². The Balaban J connectivity index is 2.83. The molecule has 0 aliphatic rings. The van der Waals surface area contributed by atoms with Crippen LogP contribution >= 0.6 is 23.2 Å². The molecule has 0 aliphatic heterocycles. The number of benzene rings is 1. The van der Waals surface area contributed by atoms with E-state index < -0.39 is 0 Å². The number of halogens is 2. The Morgan fingerprint density at radius 3 is 2.33 bits per heavy atom. The molecule has 0 spiro atoms. The number of hydrogen-bond acceptors (Lipinski definition) is 2. The monoisotopic (exact) mass is 289 g/mol. The Hall–Kier alpha value is -0.280. The molecule has 0 bridgehead atoms. The summed E-state index contributed by atoms with van der Waals surface area (Å²) in [6.45, 7) is 6.35. The van der Waals surface area contributed by atoms with E-state index in [2.05, 4.69) is 20.8 Å². The quantitative estimate of drug-likeness (QED) is 0.912. The highest BCUT2D eigenvalue weighted by Gasteiger charge is 2.30. The predicted octanol–water partition coefficient (Wildman–Crippen LogP) is 3.92. The van der Waals surface area contributed by atoms with E-state index in [9.17, 15) is 0 Å². The van der Waals surface area contributed by atoms with E-state index in [1.165, 1.54) is 0 Å². The minimum Gasteiger partial charge on any atom is -0.379 e. The molecule has 0 aliphatic carbocycles. The molecular formula is C14H21Cl2NO. The van der Waals surface area contributed by atoms with Crippen molar-refractivity contribution in [3.8, 4) is 0 Å². The third-order valence-electron chi connectivity index (χ3n) is 2.97. The predicted molar refractivity (Wildman–Crippen MR) is 78.4 cm³/mol. The van der Waals surface area contributed by atoms with Gasteiger partial charge in [-0.1, -0.05) is 50.0 Å². The van der Waals surface area contributed by atoms with Crippen LogP contribution in [0, 0.1) is 5.41 Å². The number of nitrogens with two attached hydrogens (primary N) is 1. The molecule has 18 heavy (non-hydrogen) atoms. The van der Waals surface area contributed by atoms with Gasteiger partial charge in [-0.3, -0.25) is 0 Å². The maximum absolute atomic E-state index is 6.24. The van der Waals surface area contributed by atoms with Gasteiger partial charge in [0.1, 0.15) is 0 Å². The van der Waals surface area contributed by atoms with E-state index in [0.717, 1.165) is 5.56 Å². The van der Waals surface area contributed by atoms with Gasteiger partial charge in [-0.25, -0.2) is 0 Å². The number of rotatable bonds is 4. The van der Waals surface area contributed by atoms with Crippen LogP contribution in [-0.4, -0.2) is 19.3 Å². The van der Waals surface area contributed by atoms with Crippen molar-refractivity contribution >= 4 is 23.2 Å². The Morgan fingerprint density at radius 2 is 1.89 bits per heavy atom. The van der Waals surface area contributed by atoms with Crippen molar-refractivity contribution in [1.82, 2.24) is 0 Å². The summed E-state index contributed by atoms with van der Waals surface area (Å²) in [5.74, 6) is 0. The molecule has 0 radical (unpaired) electrons. The molecule has 0 saturated carbocycles. The van der Waals surface area contributed by atoms with Crippen LogP contribution < -0.4 is 5.73 Å². The second kappa shape index (κ2) is 6.25. The van der Waals surface area contributed by atoms with E-state index >= 15 is 0 Å². The fourth-order valence-electron chi connectivity index (χ4n) is 2.22. The molecule has 4 heteroatoms. The lowest BCUT2D eigenvalue weighted by Gasteiger charge is -2.34. The van der Waals surface area contributed by atoms with Gasteiger partial charge in [0.25, 0.3) is 0 Å². The summed E-state index contributed by atoms with van der Waals surface area (Å²) in [5.41, 5.74) is 7.23. The zero-order chi connectivity index (χ0) is 13.9. The third-order valence-corrected chi connectivity index (χ3v) is 3.55. The third kappa shape index (κ3) is 4.13. The standard InChI is InChI=1S/C14H21Cl2NO/c1-14(2,3)13(18-4)12(17)7-9-5-6-10(15)8-11(9)16/h5-6,8,12-13H,7,17H2,1-4H3. The summed E-state index contributed by atoms with van der Waals surface area (Å²) >= 11 is 12.0. The van der Waals surface area contributed by atoms with Crippen LogP contribution in [0.5, 0.6) is 0 Å². The maximum atomic E-state index is 6.24. The molecule has 102 valence electrons. The Kier molecular flexibility index (Phi) is 5.47. The Labute approximate surface area is 119 Å². The van der Waals surface area contributed by atoms with Gasteiger partial charge in [0.05, 0.1) is 6.10 Å². The topological polar surface area (TPSA) is 35.2 Å². The molecule has 1 aromatic carbocycles. The number of ether oxygens (including phenoxy) is 1. The van der Waals surface area contributed by atoms with Crippen LogP contribution in [0.4, 0.5) is 0 Å². The first-order valence-corrected chi connectivity index (χ1v) is 6.73. The van der Waals surface area contributed by atoms with Crippen LogP contribution in [0.25, 0.3) is 0 Å². The highest BCUT2D eigenvalue weighted by molar-refractivity contribution is 6.35. The summed E-state index contributed by atoms with van der Waals surface area (Å²) in [5, 5.41) is 1.29. The summed E-state index contributed by atoms with van der Waals surface area (Å²) < 4.78 is 5.52. The molecule has 2 unspecified atom stereocenters. The van der Waals surface area contributed by atoms with E-state index in [1.54, 1.807) is 13.2 Å². The molecule has 0 aromatic heterocycles. The van der Waals surface area contributed by atoms with Gasteiger partial charge in [0.2, 0.25) is 0 Å². The van der Waals surface area contributed by atoms with Gasteiger partial charge >= 0.3 is 0 Å². The van der Waals surface area contributed by atoms with E-state index in [-0.39, 0.29) is 17.6 Å². The SMILES string of the molecule is COC(C(N)Cc1ccc(Cl)cc1Cl)C(C)(C)C. The van der Waals surface area contributed by atoms with Gasteiger partial charge in [-0.15, -0.1) is 0 Å². The van der Waals surface area contributed by atoms with Crippen molar-refractivity contribution in [3.63, 3.8) is 0 Å². The van der Waals surface area contributed by atoms with Crippen molar-refractivity contribution in [1.29, 1.82) is 0 Å². The minimum atomic E-state index is -0.103. The largest absolute Gasteiger partial charge is 0.379 e. The van der Waals surface area contributed by atoms with Gasteiger partial charge < -0.3 is 10.5 Å². The Morgan fingerprint density at radius 1 is 1.28 bits per heavy atom. The van der Waals surface area contributed by atoms with Gasteiger partial charge in [0.15, 0.2) is 0 Å². The summed E-state index contributed by atoms with van der Waals surface area (Å²) in [4.78, 5) is 0. The first-order valence-electron chi connectivity index (χ1n) is 5.98. The van der Waals surface area contributed by atoms with E-state index in [0.29, 0.717) is 16.5 Å². The normalized spacial score (nSPS) is 15.5. The zero-order valence-electron chi connectivity index (χ0n) is 11.3. The van der Waals surface area contributed by atoms with Crippen molar-refractivity contribution < 1.29 is 4.74 Å². The van der Waals surface area contributed by atoms with Crippen LogP contribution in [0.1, 0.15) is 26.3 Å². The fourth-order valence-corrected chi connectivity index (χ4v) is 2.70. The highest BCUT2D eigenvalue weighted by atomic mass is 35.5. The molecule has 2 atom stereocenters. The molecule has 1 rings (SSSR count). The lowest BCUT2D eigenvalue weighted by atomic mass is 9.83. The lowest BCUT2D eigenvalue weighted by molar-refractivity contribution is -0.00165. The number of hydrogen-bond donors (Lipinski definition) is 1. The van der Waals surface area contributed by atoms with Crippen molar-refractivity contribution in [2.24, 2.45) is 11.1 Å². The summed E-state index contributed by atoms with van der Waals surface area (Å²) in [6, 6.07) is 5.38. The Bertz CT molecular complexity index is 401. The first-order chi connectivity index (χ1) is 8.25. The number of methoxy groups -OCH3 is 1. The minimum absolute atomic E-state index is 0.00688. The van der Waals surface area contributed by atoms with Crippen LogP contribution in [-0.2, 0) is 11.2 Å². The molecule has 1 aromatic rings. The van der Waals surface area contributed by atoms with Crippen LogP contribution in [0.3, 0.4) is 0 Å². The average molecular weight is 290 g/mol. The van der Waals surface area contributed by atoms with Gasteiger partial charge in [0, 0.05) is 23.2 Å². The fraction of sp³-hybridized carbons (Fsp3) is 0.571. The van der Waals surface area contributed by atoms with Gasteiger partial charge in [-0.2, -0.15) is 0 Å². The molecule has 2 nitrogen and oxygen atoms in total. The summed E-state index contributed by atoms with van der Waals surface area (Å²) in [7, 11) is 1.69.